The summed E-state index contributed by atoms with van der Waals surface area (Å²) in [4.78, 5) is 29.4. The van der Waals surface area contributed by atoms with Crippen molar-refractivity contribution in [1.82, 2.24) is 9.80 Å². The predicted molar refractivity (Wildman–Crippen MR) is 121 cm³/mol. The number of nitrogens with one attached hydrogen (secondary N) is 1. The van der Waals surface area contributed by atoms with Gasteiger partial charge in [0.15, 0.2) is 11.5 Å². The van der Waals surface area contributed by atoms with Gasteiger partial charge < -0.3 is 19.7 Å². The molecule has 0 unspecified atom stereocenters. The van der Waals surface area contributed by atoms with E-state index in [0.29, 0.717) is 50.9 Å². The van der Waals surface area contributed by atoms with Gasteiger partial charge in [0.25, 0.3) is 0 Å². The first kappa shape index (κ1) is 24.2. The smallest absolute Gasteiger partial charge is 0.418 e. The van der Waals surface area contributed by atoms with Gasteiger partial charge >= 0.3 is 6.18 Å². The molecular formula is C23H24F3N3O4S. The lowest BCUT2D eigenvalue weighted by Crippen LogP contribution is -2.50. The lowest BCUT2D eigenvalue weighted by Gasteiger charge is -2.34. The van der Waals surface area contributed by atoms with Crippen LogP contribution in [-0.2, 0) is 15.8 Å². The number of carbonyl (C=O) groups excluding carboxylic acids is 2. The van der Waals surface area contributed by atoms with E-state index in [0.717, 1.165) is 11.0 Å². The fourth-order valence-electron chi connectivity index (χ4n) is 3.74. The number of hydrogen-bond acceptors (Lipinski definition) is 6. The molecular weight excluding hydrogens is 471 g/mol. The Kier molecular flexibility index (Phi) is 7.52. The van der Waals surface area contributed by atoms with Crippen molar-refractivity contribution in [2.45, 2.75) is 11.1 Å². The zero-order valence-electron chi connectivity index (χ0n) is 18.3. The fourth-order valence-corrected chi connectivity index (χ4v) is 4.56. The van der Waals surface area contributed by atoms with Crippen LogP contribution < -0.4 is 14.8 Å². The highest BCUT2D eigenvalue weighted by Crippen LogP contribution is 2.35. The van der Waals surface area contributed by atoms with Gasteiger partial charge in [-0.3, -0.25) is 14.5 Å². The molecule has 2 amide bonds. The maximum absolute atomic E-state index is 13.1. The monoisotopic (exact) mass is 495 g/mol. The maximum Gasteiger partial charge on any atom is 0.418 e. The molecule has 0 saturated carbocycles. The van der Waals surface area contributed by atoms with E-state index in [1.165, 1.54) is 30.0 Å². The number of ether oxygens (including phenoxy) is 2. The number of anilines is 1. The lowest BCUT2D eigenvalue weighted by molar-refractivity contribution is -0.137. The van der Waals surface area contributed by atoms with Crippen molar-refractivity contribution in [3.8, 4) is 11.5 Å². The number of fused-ring (bicyclic) bond motifs is 1. The second kappa shape index (κ2) is 10.6. The van der Waals surface area contributed by atoms with E-state index in [2.05, 4.69) is 5.32 Å². The van der Waals surface area contributed by atoms with E-state index in [9.17, 15) is 22.8 Å². The third-order valence-electron chi connectivity index (χ3n) is 5.47. The highest BCUT2D eigenvalue weighted by molar-refractivity contribution is 8.00. The number of benzene rings is 2. The number of thioether (sulfide) groups is 1. The fraction of sp³-hybridized carbons (Fsp3) is 0.391. The molecule has 0 aliphatic carbocycles. The summed E-state index contributed by atoms with van der Waals surface area (Å²) in [7, 11) is 0. The molecule has 7 nitrogen and oxygen atoms in total. The molecule has 1 fully saturated rings. The largest absolute Gasteiger partial charge is 0.486 e. The van der Waals surface area contributed by atoms with E-state index in [-0.39, 0.29) is 23.9 Å². The SMILES string of the molecule is O=C(CN1CCN(C(=O)CSc2ccc3c(c2)OCCO3)CC1)Nc1ccccc1C(F)(F)F. The van der Waals surface area contributed by atoms with Crippen LogP contribution in [0.4, 0.5) is 18.9 Å². The van der Waals surface area contributed by atoms with E-state index in [1.54, 1.807) is 4.90 Å². The Hall–Kier alpha value is -2.92. The van der Waals surface area contributed by atoms with E-state index in [4.69, 9.17) is 9.47 Å². The van der Waals surface area contributed by atoms with E-state index in [1.807, 2.05) is 23.1 Å². The second-order valence-electron chi connectivity index (χ2n) is 7.84. The van der Waals surface area contributed by atoms with Crippen LogP contribution in [0, 0.1) is 0 Å². The summed E-state index contributed by atoms with van der Waals surface area (Å²) in [5.74, 6) is 1.11. The van der Waals surface area contributed by atoms with Crippen molar-refractivity contribution in [3.63, 3.8) is 0 Å². The average molecular weight is 496 g/mol. The van der Waals surface area contributed by atoms with Crippen molar-refractivity contribution in [1.29, 1.82) is 0 Å². The average Bonchev–Trinajstić information content (AvgIpc) is 2.82. The van der Waals surface area contributed by atoms with Gasteiger partial charge in [-0.1, -0.05) is 12.1 Å². The molecule has 2 aliphatic rings. The minimum Gasteiger partial charge on any atom is -0.486 e. The molecule has 2 heterocycles. The minimum atomic E-state index is -4.55. The van der Waals surface area contributed by atoms with Gasteiger partial charge in [-0.2, -0.15) is 13.2 Å². The Morgan fingerprint density at radius 3 is 2.41 bits per heavy atom. The van der Waals surface area contributed by atoms with Gasteiger partial charge in [0.1, 0.15) is 13.2 Å². The maximum atomic E-state index is 13.1. The summed E-state index contributed by atoms with van der Waals surface area (Å²) in [5.41, 5.74) is -1.14. The Bertz CT molecular complexity index is 1040. The zero-order chi connectivity index (χ0) is 24.1. The molecule has 4 rings (SSSR count). The zero-order valence-corrected chi connectivity index (χ0v) is 19.1. The van der Waals surface area contributed by atoms with Crippen LogP contribution in [0.3, 0.4) is 0 Å². The number of carbonyl (C=O) groups is 2. The van der Waals surface area contributed by atoms with Crippen molar-refractivity contribution >= 4 is 29.3 Å². The molecule has 1 N–H and O–H groups in total. The van der Waals surface area contributed by atoms with Crippen molar-refractivity contribution < 1.29 is 32.2 Å². The number of piperazine rings is 1. The molecule has 2 aliphatic heterocycles. The van der Waals surface area contributed by atoms with Crippen molar-refractivity contribution in [3.05, 3.63) is 48.0 Å². The lowest BCUT2D eigenvalue weighted by atomic mass is 10.1. The summed E-state index contributed by atoms with van der Waals surface area (Å²) in [6.07, 6.45) is -4.55. The highest BCUT2D eigenvalue weighted by Gasteiger charge is 2.33. The third kappa shape index (κ3) is 6.15. The topological polar surface area (TPSA) is 71.1 Å². The normalized spacial score (nSPS) is 16.3. The molecule has 2 aromatic carbocycles. The Morgan fingerprint density at radius 2 is 1.68 bits per heavy atom. The molecule has 0 spiro atoms. The molecule has 0 bridgehead atoms. The molecule has 11 heteroatoms. The predicted octanol–water partition coefficient (Wildman–Crippen LogP) is 3.35. The minimum absolute atomic E-state index is 0.0110. The van der Waals surface area contributed by atoms with Crippen LogP contribution in [-0.4, -0.2) is 73.3 Å². The van der Waals surface area contributed by atoms with Gasteiger partial charge in [0, 0.05) is 31.1 Å². The van der Waals surface area contributed by atoms with Crippen molar-refractivity contribution in [2.24, 2.45) is 0 Å². The number of rotatable bonds is 6. The summed E-state index contributed by atoms with van der Waals surface area (Å²) in [6, 6.07) is 10.5. The molecule has 34 heavy (non-hydrogen) atoms. The summed E-state index contributed by atoms with van der Waals surface area (Å²) in [6.45, 7) is 2.81. The van der Waals surface area contributed by atoms with Crippen LogP contribution in [0.25, 0.3) is 0 Å². The first-order valence-electron chi connectivity index (χ1n) is 10.8. The van der Waals surface area contributed by atoms with Gasteiger partial charge in [-0.05, 0) is 30.3 Å². The van der Waals surface area contributed by atoms with Gasteiger partial charge in [-0.25, -0.2) is 0 Å². The summed E-state index contributed by atoms with van der Waals surface area (Å²) >= 11 is 1.41. The standard InChI is InChI=1S/C23H24F3N3O4S/c24-23(25,26)17-3-1-2-4-18(17)27-21(30)14-28-7-9-29(10-8-28)22(31)15-34-16-5-6-19-20(13-16)33-12-11-32-19/h1-6,13H,7-12,14-15H2,(H,27,30). The molecule has 0 radical (unpaired) electrons. The molecule has 1 saturated heterocycles. The first-order valence-corrected chi connectivity index (χ1v) is 11.8. The Balaban J connectivity index is 1.22. The van der Waals surface area contributed by atoms with Gasteiger partial charge in [0.05, 0.1) is 23.5 Å². The van der Waals surface area contributed by atoms with Crippen LogP contribution in [0.2, 0.25) is 0 Å². The van der Waals surface area contributed by atoms with E-state index < -0.39 is 17.6 Å². The molecule has 2 aromatic rings. The summed E-state index contributed by atoms with van der Waals surface area (Å²) in [5, 5.41) is 2.35. The van der Waals surface area contributed by atoms with Crippen LogP contribution in [0.15, 0.2) is 47.4 Å². The van der Waals surface area contributed by atoms with Crippen LogP contribution in [0.1, 0.15) is 5.56 Å². The van der Waals surface area contributed by atoms with Gasteiger partial charge in [0.2, 0.25) is 11.8 Å². The number of amides is 2. The van der Waals surface area contributed by atoms with Crippen LogP contribution >= 0.6 is 11.8 Å². The molecule has 0 atom stereocenters. The second-order valence-corrected chi connectivity index (χ2v) is 8.89. The van der Waals surface area contributed by atoms with Gasteiger partial charge in [-0.15, -0.1) is 11.8 Å². The highest BCUT2D eigenvalue weighted by atomic mass is 32.2. The Morgan fingerprint density at radius 1 is 0.971 bits per heavy atom. The molecule has 0 aromatic heterocycles. The van der Waals surface area contributed by atoms with Crippen LogP contribution in [0.5, 0.6) is 11.5 Å². The third-order valence-corrected chi connectivity index (χ3v) is 6.45. The molecule has 182 valence electrons. The number of hydrogen-bond donors (Lipinski definition) is 1. The number of halogens is 3. The quantitative estimate of drug-likeness (QED) is 0.620. The van der Waals surface area contributed by atoms with Crippen molar-refractivity contribution in [2.75, 3.05) is 57.0 Å². The number of alkyl halides is 3. The first-order chi connectivity index (χ1) is 16.3. The number of nitrogens with zero attached hydrogens (tertiary/aromatic N) is 2. The summed E-state index contributed by atoms with van der Waals surface area (Å²) < 4.78 is 50.4. The Labute approximate surface area is 199 Å². The van der Waals surface area contributed by atoms with E-state index >= 15 is 0 Å². The number of para-hydroxylation sites is 1.